The molecule has 1 aromatic rings. The van der Waals surface area contributed by atoms with E-state index in [2.05, 4.69) is 5.32 Å². The van der Waals surface area contributed by atoms with Gasteiger partial charge < -0.3 is 20.5 Å². The number of carbonyl (C=O) groups excluding carboxylic acids is 1. The number of hydrogen-bond donors (Lipinski definition) is 2. The number of nitrogens with one attached hydrogen (secondary N) is 1. The minimum atomic E-state index is -0.106. The smallest absolute Gasteiger partial charge is 0.224 e. The van der Waals surface area contributed by atoms with Gasteiger partial charge in [0, 0.05) is 18.1 Å². The van der Waals surface area contributed by atoms with Crippen molar-refractivity contribution < 1.29 is 14.3 Å². The third-order valence-corrected chi connectivity index (χ3v) is 2.90. The Morgan fingerprint density at radius 1 is 1.33 bits per heavy atom. The molecule has 0 bridgehead atoms. The van der Waals surface area contributed by atoms with Crippen LogP contribution in [0.15, 0.2) is 18.2 Å². The molecule has 1 rings (SSSR count). The summed E-state index contributed by atoms with van der Waals surface area (Å²) in [6.07, 6.45) is 1.23. The first kappa shape index (κ1) is 17.8. The minimum absolute atomic E-state index is 0.106. The van der Waals surface area contributed by atoms with Gasteiger partial charge in [-0.25, -0.2) is 0 Å². The Morgan fingerprint density at radius 3 is 2.81 bits per heavy atom. The molecule has 1 amide bonds. The largest absolute Gasteiger partial charge is 0.397 e. The van der Waals surface area contributed by atoms with E-state index >= 15 is 0 Å². The summed E-state index contributed by atoms with van der Waals surface area (Å²) >= 11 is 5.86. The van der Waals surface area contributed by atoms with Crippen molar-refractivity contribution in [2.45, 2.75) is 32.8 Å². The van der Waals surface area contributed by atoms with E-state index in [0.29, 0.717) is 49.1 Å². The number of nitrogen functional groups attached to an aromatic ring is 1. The average molecular weight is 315 g/mol. The topological polar surface area (TPSA) is 73.6 Å². The van der Waals surface area contributed by atoms with Crippen molar-refractivity contribution in [2.75, 3.05) is 30.9 Å². The zero-order valence-electron chi connectivity index (χ0n) is 12.5. The van der Waals surface area contributed by atoms with Crippen LogP contribution < -0.4 is 11.1 Å². The third-order valence-electron chi connectivity index (χ3n) is 2.66. The first-order valence-corrected chi connectivity index (χ1v) is 7.41. The van der Waals surface area contributed by atoms with Crippen molar-refractivity contribution in [3.05, 3.63) is 23.2 Å². The third kappa shape index (κ3) is 7.90. The van der Waals surface area contributed by atoms with Crippen molar-refractivity contribution in [2.24, 2.45) is 0 Å². The molecular weight excluding hydrogens is 292 g/mol. The molecule has 0 fully saturated rings. The van der Waals surface area contributed by atoms with Crippen molar-refractivity contribution in [3.8, 4) is 0 Å². The van der Waals surface area contributed by atoms with Crippen LogP contribution in [-0.4, -0.2) is 31.8 Å². The monoisotopic (exact) mass is 314 g/mol. The lowest BCUT2D eigenvalue weighted by atomic mass is 10.2. The van der Waals surface area contributed by atoms with Crippen molar-refractivity contribution in [1.29, 1.82) is 0 Å². The molecule has 0 atom stereocenters. The highest BCUT2D eigenvalue weighted by atomic mass is 35.5. The predicted molar refractivity (Wildman–Crippen MR) is 85.6 cm³/mol. The Hall–Kier alpha value is -1.30. The summed E-state index contributed by atoms with van der Waals surface area (Å²) in [6.45, 7) is 5.60. The molecule has 0 aliphatic carbocycles. The maximum Gasteiger partial charge on any atom is 0.224 e. The molecule has 0 aromatic heterocycles. The van der Waals surface area contributed by atoms with Crippen LogP contribution in [0.2, 0.25) is 5.02 Å². The van der Waals surface area contributed by atoms with E-state index in [4.69, 9.17) is 26.8 Å². The number of halogens is 1. The maximum absolute atomic E-state index is 11.8. The van der Waals surface area contributed by atoms with E-state index in [9.17, 15) is 4.79 Å². The second-order valence-electron chi connectivity index (χ2n) is 4.92. The van der Waals surface area contributed by atoms with Crippen molar-refractivity contribution in [1.82, 2.24) is 0 Å². The number of ether oxygens (including phenoxy) is 2. The first-order valence-electron chi connectivity index (χ1n) is 7.03. The van der Waals surface area contributed by atoms with Crippen LogP contribution in [0, 0.1) is 0 Å². The SMILES string of the molecule is CC(C)OCCOCCCC(=O)Nc1cc(Cl)ccc1N. The lowest BCUT2D eigenvalue weighted by molar-refractivity contribution is -0.116. The number of amides is 1. The van der Waals surface area contributed by atoms with Crippen LogP contribution in [0.3, 0.4) is 0 Å². The van der Waals surface area contributed by atoms with Crippen molar-refractivity contribution >= 4 is 28.9 Å². The van der Waals surface area contributed by atoms with Gasteiger partial charge in [-0.2, -0.15) is 0 Å². The zero-order valence-corrected chi connectivity index (χ0v) is 13.3. The van der Waals surface area contributed by atoms with Crippen LogP contribution in [0.5, 0.6) is 0 Å². The minimum Gasteiger partial charge on any atom is -0.397 e. The second-order valence-corrected chi connectivity index (χ2v) is 5.35. The molecule has 0 radical (unpaired) electrons. The van der Waals surface area contributed by atoms with Gasteiger partial charge in [-0.3, -0.25) is 4.79 Å². The van der Waals surface area contributed by atoms with Gasteiger partial charge in [0.05, 0.1) is 30.7 Å². The molecule has 0 unspecified atom stereocenters. The van der Waals surface area contributed by atoms with Gasteiger partial charge in [-0.1, -0.05) is 11.6 Å². The average Bonchev–Trinajstić information content (AvgIpc) is 2.41. The molecule has 3 N–H and O–H groups in total. The molecule has 0 heterocycles. The number of carbonyl (C=O) groups is 1. The molecular formula is C15H23ClN2O3. The number of hydrogen-bond acceptors (Lipinski definition) is 4. The van der Waals surface area contributed by atoms with Crippen LogP contribution >= 0.6 is 11.6 Å². The van der Waals surface area contributed by atoms with Gasteiger partial charge in [0.25, 0.3) is 0 Å². The lowest BCUT2D eigenvalue weighted by Gasteiger charge is -2.09. The number of benzene rings is 1. The predicted octanol–water partition coefficient (Wildman–Crippen LogP) is 3.08. The zero-order chi connectivity index (χ0) is 15.7. The van der Waals surface area contributed by atoms with Crippen LogP contribution in [0.4, 0.5) is 11.4 Å². The summed E-state index contributed by atoms with van der Waals surface area (Å²) in [5.41, 5.74) is 6.80. The fraction of sp³-hybridized carbons (Fsp3) is 0.533. The van der Waals surface area contributed by atoms with E-state index in [0.717, 1.165) is 0 Å². The Balaban J connectivity index is 2.15. The molecule has 0 aliphatic rings. The van der Waals surface area contributed by atoms with Gasteiger partial charge in [0.2, 0.25) is 5.91 Å². The van der Waals surface area contributed by atoms with Gasteiger partial charge in [0.15, 0.2) is 0 Å². The Bertz CT molecular complexity index is 453. The Kier molecular flexibility index (Phi) is 8.12. The highest BCUT2D eigenvalue weighted by Gasteiger charge is 2.06. The Labute approximate surface area is 130 Å². The fourth-order valence-electron chi connectivity index (χ4n) is 1.63. The summed E-state index contributed by atoms with van der Waals surface area (Å²) in [5.74, 6) is -0.106. The van der Waals surface area contributed by atoms with Crippen LogP contribution in [0.25, 0.3) is 0 Å². The van der Waals surface area contributed by atoms with E-state index in [1.165, 1.54) is 0 Å². The van der Waals surface area contributed by atoms with Gasteiger partial charge >= 0.3 is 0 Å². The second kappa shape index (κ2) is 9.60. The van der Waals surface area contributed by atoms with Crippen LogP contribution in [-0.2, 0) is 14.3 Å². The molecule has 0 aliphatic heterocycles. The number of nitrogens with two attached hydrogens (primary N) is 1. The summed E-state index contributed by atoms with van der Waals surface area (Å²) in [7, 11) is 0. The highest BCUT2D eigenvalue weighted by Crippen LogP contribution is 2.23. The van der Waals surface area contributed by atoms with Gasteiger partial charge in [-0.15, -0.1) is 0 Å². The maximum atomic E-state index is 11.8. The molecule has 0 saturated carbocycles. The van der Waals surface area contributed by atoms with Crippen molar-refractivity contribution in [3.63, 3.8) is 0 Å². The molecule has 5 nitrogen and oxygen atoms in total. The molecule has 0 spiro atoms. The molecule has 1 aromatic carbocycles. The lowest BCUT2D eigenvalue weighted by Crippen LogP contribution is -2.14. The normalized spacial score (nSPS) is 10.9. The molecule has 21 heavy (non-hydrogen) atoms. The fourth-order valence-corrected chi connectivity index (χ4v) is 1.80. The Morgan fingerprint density at radius 2 is 2.10 bits per heavy atom. The van der Waals surface area contributed by atoms with E-state index in [1.54, 1.807) is 18.2 Å². The quantitative estimate of drug-likeness (QED) is 0.542. The summed E-state index contributed by atoms with van der Waals surface area (Å²) in [4.78, 5) is 11.8. The summed E-state index contributed by atoms with van der Waals surface area (Å²) in [6, 6.07) is 4.98. The van der Waals surface area contributed by atoms with Gasteiger partial charge in [0.1, 0.15) is 0 Å². The molecule has 6 heteroatoms. The van der Waals surface area contributed by atoms with E-state index in [-0.39, 0.29) is 12.0 Å². The standard InChI is InChI=1S/C15H23ClN2O3/c1-11(2)21-9-8-20-7-3-4-15(19)18-14-10-12(16)5-6-13(14)17/h5-6,10-11H,3-4,7-9,17H2,1-2H3,(H,18,19). The number of anilines is 2. The first-order chi connectivity index (χ1) is 9.99. The van der Waals surface area contributed by atoms with E-state index < -0.39 is 0 Å². The highest BCUT2D eigenvalue weighted by molar-refractivity contribution is 6.31. The summed E-state index contributed by atoms with van der Waals surface area (Å²) in [5, 5.41) is 3.27. The van der Waals surface area contributed by atoms with Crippen LogP contribution in [0.1, 0.15) is 26.7 Å². The summed E-state index contributed by atoms with van der Waals surface area (Å²) < 4.78 is 10.7. The van der Waals surface area contributed by atoms with E-state index in [1.807, 2.05) is 13.8 Å². The van der Waals surface area contributed by atoms with Gasteiger partial charge in [-0.05, 0) is 38.5 Å². The molecule has 0 saturated heterocycles. The molecule has 118 valence electrons. The number of rotatable bonds is 9.